The molecule has 0 aromatic carbocycles. The number of aromatic nitrogens is 2. The molecule has 7 nitrogen and oxygen atoms in total. The Morgan fingerprint density at radius 2 is 1.94 bits per heavy atom. The highest BCUT2D eigenvalue weighted by molar-refractivity contribution is 7.13. The number of thiophene rings is 1. The average molecular weight is 441 g/mol. The van der Waals surface area contributed by atoms with Crippen LogP contribution in [0.25, 0.3) is 0 Å². The first kappa shape index (κ1) is 20.4. The van der Waals surface area contributed by atoms with Gasteiger partial charge in [0.25, 0.3) is 11.5 Å². The SMILES string of the molecule is Cc1ccc(C(=O)N2CCc3nc(C4CCCN4C(=O)C4CCCC4)[nH]c(=O)c3C2)s1. The summed E-state index contributed by atoms with van der Waals surface area (Å²) in [5.41, 5.74) is 1.16. The van der Waals surface area contributed by atoms with Gasteiger partial charge in [0.2, 0.25) is 5.91 Å². The Balaban J connectivity index is 1.37. The number of hydrogen-bond acceptors (Lipinski definition) is 5. The van der Waals surface area contributed by atoms with E-state index in [9.17, 15) is 14.4 Å². The van der Waals surface area contributed by atoms with Crippen molar-refractivity contribution in [3.8, 4) is 0 Å². The maximum atomic E-state index is 13.0. The molecule has 2 amide bonds. The summed E-state index contributed by atoms with van der Waals surface area (Å²) in [5, 5.41) is 0. The number of nitrogens with one attached hydrogen (secondary N) is 1. The number of likely N-dealkylation sites (tertiary alicyclic amines) is 1. The van der Waals surface area contributed by atoms with Crippen molar-refractivity contribution in [2.45, 2.75) is 64.5 Å². The molecule has 1 atom stereocenters. The van der Waals surface area contributed by atoms with Gasteiger partial charge in [-0.3, -0.25) is 14.4 Å². The molecule has 2 fully saturated rings. The molecule has 1 N–H and O–H groups in total. The van der Waals surface area contributed by atoms with E-state index in [1.54, 1.807) is 4.90 Å². The molecule has 2 aliphatic heterocycles. The lowest BCUT2D eigenvalue weighted by Gasteiger charge is -2.30. The van der Waals surface area contributed by atoms with Crippen molar-refractivity contribution in [2.75, 3.05) is 13.1 Å². The first-order valence-electron chi connectivity index (χ1n) is 11.3. The molecule has 0 bridgehead atoms. The second-order valence-corrected chi connectivity index (χ2v) is 10.2. The summed E-state index contributed by atoms with van der Waals surface area (Å²) in [6.45, 7) is 3.55. The number of rotatable bonds is 3. The van der Waals surface area contributed by atoms with Gasteiger partial charge in [0.05, 0.1) is 28.7 Å². The molecule has 1 saturated carbocycles. The number of fused-ring (bicyclic) bond motifs is 1. The van der Waals surface area contributed by atoms with Crippen molar-refractivity contribution < 1.29 is 9.59 Å². The van der Waals surface area contributed by atoms with Crippen LogP contribution in [0.4, 0.5) is 0 Å². The number of nitrogens with zero attached hydrogens (tertiary/aromatic N) is 3. The third-order valence-corrected chi connectivity index (χ3v) is 7.87. The number of hydrogen-bond donors (Lipinski definition) is 1. The average Bonchev–Trinajstić information content (AvgIpc) is 3.54. The van der Waals surface area contributed by atoms with Crippen LogP contribution in [0.5, 0.6) is 0 Å². The number of carbonyl (C=O) groups excluding carboxylic acids is 2. The van der Waals surface area contributed by atoms with Gasteiger partial charge in [0, 0.05) is 30.3 Å². The van der Waals surface area contributed by atoms with E-state index in [2.05, 4.69) is 4.98 Å². The van der Waals surface area contributed by atoms with Crippen LogP contribution in [-0.4, -0.2) is 44.7 Å². The second kappa shape index (κ2) is 8.22. The van der Waals surface area contributed by atoms with Gasteiger partial charge in [0.1, 0.15) is 5.82 Å². The summed E-state index contributed by atoms with van der Waals surface area (Å²) < 4.78 is 0. The van der Waals surface area contributed by atoms with Crippen molar-refractivity contribution >= 4 is 23.2 Å². The Morgan fingerprint density at radius 1 is 1.13 bits per heavy atom. The maximum absolute atomic E-state index is 13.0. The number of aromatic amines is 1. The molecule has 1 aliphatic carbocycles. The Labute approximate surface area is 185 Å². The van der Waals surface area contributed by atoms with Crippen molar-refractivity contribution in [1.29, 1.82) is 0 Å². The number of aryl methyl sites for hydroxylation is 1. The van der Waals surface area contributed by atoms with E-state index in [1.807, 2.05) is 24.0 Å². The quantitative estimate of drug-likeness (QED) is 0.794. The van der Waals surface area contributed by atoms with E-state index in [0.29, 0.717) is 29.2 Å². The van der Waals surface area contributed by atoms with E-state index < -0.39 is 0 Å². The van der Waals surface area contributed by atoms with Gasteiger partial charge in [-0.25, -0.2) is 4.98 Å². The standard InChI is InChI=1S/C23H28N4O3S/c1-14-8-9-19(31-14)23(30)26-12-10-17-16(13-26)21(28)25-20(24-17)18-7-4-11-27(18)22(29)15-5-2-3-6-15/h8-9,15,18H,2-7,10-13H2,1H3,(H,24,25,28). The van der Waals surface area contributed by atoms with Gasteiger partial charge >= 0.3 is 0 Å². The van der Waals surface area contributed by atoms with Crippen LogP contribution in [0.15, 0.2) is 16.9 Å². The second-order valence-electron chi connectivity index (χ2n) is 8.93. The van der Waals surface area contributed by atoms with Crippen LogP contribution in [-0.2, 0) is 17.8 Å². The summed E-state index contributed by atoms with van der Waals surface area (Å²) in [5.74, 6) is 0.936. The van der Waals surface area contributed by atoms with Crippen LogP contribution < -0.4 is 5.56 Å². The highest BCUT2D eigenvalue weighted by atomic mass is 32.1. The molecule has 164 valence electrons. The van der Waals surface area contributed by atoms with Gasteiger partial charge in [-0.15, -0.1) is 11.3 Å². The number of H-pyrrole nitrogens is 1. The predicted molar refractivity (Wildman–Crippen MR) is 118 cm³/mol. The fourth-order valence-electron chi connectivity index (χ4n) is 5.20. The van der Waals surface area contributed by atoms with E-state index >= 15 is 0 Å². The lowest BCUT2D eigenvalue weighted by atomic mass is 10.0. The minimum absolute atomic E-state index is 0.0312. The first-order chi connectivity index (χ1) is 15.0. The Bertz CT molecular complexity index is 1070. The zero-order chi connectivity index (χ0) is 21.5. The van der Waals surface area contributed by atoms with Crippen LogP contribution in [0.3, 0.4) is 0 Å². The maximum Gasteiger partial charge on any atom is 0.264 e. The van der Waals surface area contributed by atoms with Gasteiger partial charge in [-0.05, 0) is 44.7 Å². The zero-order valence-electron chi connectivity index (χ0n) is 17.9. The van der Waals surface area contributed by atoms with Crippen molar-refractivity contribution in [3.05, 3.63) is 49.3 Å². The highest BCUT2D eigenvalue weighted by Gasteiger charge is 2.37. The fraction of sp³-hybridized carbons (Fsp3) is 0.565. The lowest BCUT2D eigenvalue weighted by Crippen LogP contribution is -2.41. The lowest BCUT2D eigenvalue weighted by molar-refractivity contribution is -0.136. The topological polar surface area (TPSA) is 86.4 Å². The van der Waals surface area contributed by atoms with E-state index in [-0.39, 0.29) is 35.9 Å². The molecule has 4 heterocycles. The van der Waals surface area contributed by atoms with Crippen LogP contribution in [0.1, 0.15) is 76.2 Å². The minimum Gasteiger partial charge on any atom is -0.333 e. The predicted octanol–water partition coefficient (Wildman–Crippen LogP) is 3.19. The van der Waals surface area contributed by atoms with Crippen LogP contribution in [0.2, 0.25) is 0 Å². The molecule has 2 aromatic heterocycles. The van der Waals surface area contributed by atoms with Crippen molar-refractivity contribution in [1.82, 2.24) is 19.8 Å². The molecule has 3 aliphatic rings. The largest absolute Gasteiger partial charge is 0.333 e. The van der Waals surface area contributed by atoms with E-state index in [1.165, 1.54) is 11.3 Å². The highest BCUT2D eigenvalue weighted by Crippen LogP contribution is 2.35. The fourth-order valence-corrected chi connectivity index (χ4v) is 6.04. The molecule has 5 rings (SSSR count). The van der Waals surface area contributed by atoms with Crippen LogP contribution >= 0.6 is 11.3 Å². The van der Waals surface area contributed by atoms with E-state index in [4.69, 9.17) is 4.98 Å². The third kappa shape index (κ3) is 3.82. The van der Waals surface area contributed by atoms with Crippen molar-refractivity contribution in [2.24, 2.45) is 5.92 Å². The molecular weight excluding hydrogens is 412 g/mol. The third-order valence-electron chi connectivity index (χ3n) is 6.88. The number of carbonyl (C=O) groups is 2. The zero-order valence-corrected chi connectivity index (χ0v) is 18.7. The monoisotopic (exact) mass is 440 g/mol. The summed E-state index contributed by atoms with van der Waals surface area (Å²) >= 11 is 1.48. The Morgan fingerprint density at radius 3 is 2.68 bits per heavy atom. The minimum atomic E-state index is -0.181. The van der Waals surface area contributed by atoms with Gasteiger partial charge in [0.15, 0.2) is 0 Å². The molecule has 31 heavy (non-hydrogen) atoms. The molecule has 2 aromatic rings. The summed E-state index contributed by atoms with van der Waals surface area (Å²) in [6, 6.07) is 3.65. The molecule has 1 saturated heterocycles. The smallest absolute Gasteiger partial charge is 0.264 e. The molecular formula is C23H28N4O3S. The van der Waals surface area contributed by atoms with Crippen LogP contribution in [0, 0.1) is 12.8 Å². The normalized spacial score (nSPS) is 21.5. The van der Waals surface area contributed by atoms with Gasteiger partial charge in [-0.2, -0.15) is 0 Å². The molecule has 0 spiro atoms. The summed E-state index contributed by atoms with van der Waals surface area (Å²) in [4.78, 5) is 52.0. The summed E-state index contributed by atoms with van der Waals surface area (Å²) in [7, 11) is 0. The first-order valence-corrected chi connectivity index (χ1v) is 12.1. The van der Waals surface area contributed by atoms with Crippen molar-refractivity contribution in [3.63, 3.8) is 0 Å². The van der Waals surface area contributed by atoms with Gasteiger partial charge in [-0.1, -0.05) is 12.8 Å². The molecule has 8 heteroatoms. The Kier molecular flexibility index (Phi) is 5.42. The van der Waals surface area contributed by atoms with E-state index in [0.717, 1.165) is 55.6 Å². The Hall–Kier alpha value is -2.48. The molecule has 0 radical (unpaired) electrons. The number of amides is 2. The van der Waals surface area contributed by atoms with Gasteiger partial charge < -0.3 is 14.8 Å². The molecule has 1 unspecified atom stereocenters. The summed E-state index contributed by atoms with van der Waals surface area (Å²) in [6.07, 6.45) is 6.54.